The summed E-state index contributed by atoms with van der Waals surface area (Å²) in [6, 6.07) is 2.89. The highest BCUT2D eigenvalue weighted by Gasteiger charge is 2.48. The fourth-order valence-corrected chi connectivity index (χ4v) is 4.80. The van der Waals surface area contributed by atoms with Gasteiger partial charge in [-0.05, 0) is 32.0 Å². The van der Waals surface area contributed by atoms with Gasteiger partial charge in [-0.15, -0.1) is 0 Å². The van der Waals surface area contributed by atoms with Crippen LogP contribution in [0.25, 0.3) is 16.9 Å². The van der Waals surface area contributed by atoms with Gasteiger partial charge in [-0.2, -0.15) is 23.4 Å². The molecule has 0 amide bonds. The summed E-state index contributed by atoms with van der Waals surface area (Å²) in [6.07, 6.45) is -6.54. The monoisotopic (exact) mass is 582 g/mol. The summed E-state index contributed by atoms with van der Waals surface area (Å²) in [5, 5.41) is 40.6. The first-order valence-corrected chi connectivity index (χ1v) is 12.4. The molecule has 0 bridgehead atoms. The minimum Gasteiger partial charge on any atom is -0.394 e. The van der Waals surface area contributed by atoms with Crippen LogP contribution in [0.5, 0.6) is 0 Å². The summed E-state index contributed by atoms with van der Waals surface area (Å²) >= 11 is 6.01. The minimum absolute atomic E-state index is 0.000954. The number of aliphatic hydroxyl groups excluding tert-OH is 3. The number of hydrogen-bond donors (Lipinski definition) is 3. The van der Waals surface area contributed by atoms with Crippen molar-refractivity contribution < 1.29 is 37.6 Å². The summed E-state index contributed by atoms with van der Waals surface area (Å²) in [4.78, 5) is 8.39. The van der Waals surface area contributed by atoms with Crippen LogP contribution < -0.4 is 0 Å². The van der Waals surface area contributed by atoms with Gasteiger partial charge in [0.1, 0.15) is 42.1 Å². The second-order valence-corrected chi connectivity index (χ2v) is 9.80. The Morgan fingerprint density at radius 1 is 1.10 bits per heavy atom. The molecule has 3 aromatic heterocycles. The molecule has 5 atom stereocenters. The van der Waals surface area contributed by atoms with Gasteiger partial charge in [0.15, 0.2) is 5.82 Å². The topological polar surface area (TPSA) is 131 Å². The number of aliphatic hydroxyl groups is 3. The number of rotatable bonds is 5. The number of benzene rings is 1. The highest BCUT2D eigenvalue weighted by molar-refractivity contribution is 6.30. The molecular formula is C25H23ClF4N6O4. The largest absolute Gasteiger partial charge is 0.418 e. The van der Waals surface area contributed by atoms with Crippen LogP contribution in [0.2, 0.25) is 5.02 Å². The summed E-state index contributed by atoms with van der Waals surface area (Å²) < 4.78 is 63.6. The van der Waals surface area contributed by atoms with E-state index in [0.717, 1.165) is 22.9 Å². The van der Waals surface area contributed by atoms with Crippen molar-refractivity contribution in [2.24, 2.45) is 0 Å². The summed E-state index contributed by atoms with van der Waals surface area (Å²) in [7, 11) is 0. The minimum atomic E-state index is -4.77. The average Bonchev–Trinajstić information content (AvgIpc) is 3.52. The van der Waals surface area contributed by atoms with Crippen molar-refractivity contribution in [2.75, 3.05) is 6.61 Å². The van der Waals surface area contributed by atoms with Gasteiger partial charge in [0.2, 0.25) is 0 Å². The zero-order valence-electron chi connectivity index (χ0n) is 21.0. The van der Waals surface area contributed by atoms with E-state index in [2.05, 4.69) is 20.2 Å². The van der Waals surface area contributed by atoms with Crippen LogP contribution in [-0.2, 0) is 10.9 Å². The zero-order valence-corrected chi connectivity index (χ0v) is 21.7. The van der Waals surface area contributed by atoms with Crippen LogP contribution in [-0.4, -0.2) is 69.8 Å². The van der Waals surface area contributed by atoms with Gasteiger partial charge in [0.05, 0.1) is 29.7 Å². The first kappa shape index (κ1) is 28.1. The zero-order chi connectivity index (χ0) is 28.9. The van der Waals surface area contributed by atoms with Crippen LogP contribution in [0.15, 0.2) is 42.9 Å². The molecule has 4 heterocycles. The third kappa shape index (κ3) is 5.08. The molecule has 4 aromatic rings. The lowest BCUT2D eigenvalue weighted by molar-refractivity contribution is -0.210. The van der Waals surface area contributed by atoms with E-state index in [0.29, 0.717) is 11.1 Å². The number of pyridine rings is 1. The van der Waals surface area contributed by atoms with E-state index in [4.69, 9.17) is 16.3 Å². The number of hydrogen-bond acceptors (Lipinski definition) is 8. The van der Waals surface area contributed by atoms with Crippen LogP contribution in [0.1, 0.15) is 34.9 Å². The average molecular weight is 583 g/mol. The lowest BCUT2D eigenvalue weighted by Gasteiger charge is -2.42. The van der Waals surface area contributed by atoms with Gasteiger partial charge >= 0.3 is 6.18 Å². The highest BCUT2D eigenvalue weighted by Crippen LogP contribution is 2.41. The van der Waals surface area contributed by atoms with E-state index >= 15 is 0 Å². The van der Waals surface area contributed by atoms with Crippen molar-refractivity contribution in [1.82, 2.24) is 29.5 Å². The van der Waals surface area contributed by atoms with Crippen LogP contribution in [0, 0.1) is 19.7 Å². The van der Waals surface area contributed by atoms with Crippen molar-refractivity contribution in [1.29, 1.82) is 0 Å². The Morgan fingerprint density at radius 3 is 2.52 bits per heavy atom. The molecule has 1 aliphatic rings. The van der Waals surface area contributed by atoms with Crippen LogP contribution in [0.4, 0.5) is 17.6 Å². The number of halogens is 5. The Kier molecular flexibility index (Phi) is 7.39. The molecule has 15 heteroatoms. The molecule has 212 valence electrons. The number of aromatic nitrogens is 6. The number of aryl methyl sites for hydroxylation is 2. The molecule has 1 aromatic carbocycles. The second kappa shape index (κ2) is 10.5. The molecule has 0 saturated carbocycles. The summed E-state index contributed by atoms with van der Waals surface area (Å²) in [6.45, 7) is 2.30. The van der Waals surface area contributed by atoms with E-state index in [1.54, 1.807) is 6.92 Å². The van der Waals surface area contributed by atoms with E-state index in [1.807, 2.05) is 0 Å². The Bertz CT molecular complexity index is 1540. The maximum absolute atomic E-state index is 14.1. The predicted molar refractivity (Wildman–Crippen MR) is 132 cm³/mol. The smallest absolute Gasteiger partial charge is 0.394 e. The Morgan fingerprint density at radius 2 is 1.85 bits per heavy atom. The first-order chi connectivity index (χ1) is 18.9. The standard InChI is InChI=1S/C25H23ClF4N6O4/c1-11-7-31-17(6-16(11)27)13-8-32-35(9-13)20-21(38)19(10-37)40-23(22(20)39)24-33-12(2)34-36(24)18-5-14(26)3-4-15(18)25(28,29)30/h3-9,19-23,37-39H,10H2,1-2H3/t19-,20+,21+,22-,23-/m1/s1. The molecule has 0 unspecified atom stereocenters. The molecule has 1 aliphatic heterocycles. The quantitative estimate of drug-likeness (QED) is 0.305. The molecule has 0 spiro atoms. The predicted octanol–water partition coefficient (Wildman–Crippen LogP) is 3.35. The van der Waals surface area contributed by atoms with Crippen molar-refractivity contribution in [2.45, 2.75) is 50.5 Å². The lowest BCUT2D eigenvalue weighted by Crippen LogP contribution is -2.53. The van der Waals surface area contributed by atoms with Crippen molar-refractivity contribution in [3.05, 3.63) is 76.5 Å². The molecule has 10 nitrogen and oxygen atoms in total. The molecule has 0 radical (unpaired) electrons. The normalized spacial score (nSPS) is 23.5. The number of alkyl halides is 3. The third-order valence-corrected chi connectivity index (χ3v) is 6.85. The number of nitrogens with zero attached hydrogens (tertiary/aromatic N) is 6. The molecule has 5 rings (SSSR count). The van der Waals surface area contributed by atoms with E-state index in [9.17, 15) is 32.9 Å². The maximum atomic E-state index is 14.1. The third-order valence-electron chi connectivity index (χ3n) is 6.62. The van der Waals surface area contributed by atoms with E-state index in [-0.39, 0.29) is 22.4 Å². The second-order valence-electron chi connectivity index (χ2n) is 9.37. The van der Waals surface area contributed by atoms with Gasteiger partial charge < -0.3 is 20.1 Å². The van der Waals surface area contributed by atoms with Crippen LogP contribution in [0.3, 0.4) is 0 Å². The molecular weight excluding hydrogens is 560 g/mol. The fourth-order valence-electron chi connectivity index (χ4n) is 4.63. The molecule has 0 aliphatic carbocycles. The molecule has 1 fully saturated rings. The van der Waals surface area contributed by atoms with Gasteiger partial charge in [-0.3, -0.25) is 9.67 Å². The fraction of sp³-hybridized carbons (Fsp3) is 0.360. The van der Waals surface area contributed by atoms with E-state index < -0.39 is 60.3 Å². The van der Waals surface area contributed by atoms with Gasteiger partial charge in [0.25, 0.3) is 0 Å². The van der Waals surface area contributed by atoms with Crippen molar-refractivity contribution in [3.63, 3.8) is 0 Å². The maximum Gasteiger partial charge on any atom is 0.418 e. The Labute approximate surface area is 229 Å². The summed E-state index contributed by atoms with van der Waals surface area (Å²) in [5.74, 6) is -0.642. The van der Waals surface area contributed by atoms with Gasteiger partial charge in [0, 0.05) is 34.6 Å². The lowest BCUT2D eigenvalue weighted by atomic mass is 9.92. The number of ether oxygens (including phenoxy) is 1. The molecule has 40 heavy (non-hydrogen) atoms. The Balaban J connectivity index is 1.58. The van der Waals surface area contributed by atoms with Crippen LogP contribution >= 0.6 is 11.6 Å². The van der Waals surface area contributed by atoms with E-state index in [1.165, 1.54) is 36.3 Å². The molecule has 1 saturated heterocycles. The highest BCUT2D eigenvalue weighted by atomic mass is 35.5. The van der Waals surface area contributed by atoms with Crippen molar-refractivity contribution in [3.8, 4) is 16.9 Å². The molecule has 3 N–H and O–H groups in total. The first-order valence-electron chi connectivity index (χ1n) is 12.0. The SMILES string of the molecule is Cc1nc([C@@H]2O[C@H](CO)[C@H](O)[C@H](n3cc(-c4cc(F)c(C)cn4)cn3)[C@H]2O)n(-c2cc(Cl)ccc2C(F)(F)F)n1. The van der Waals surface area contributed by atoms with Crippen molar-refractivity contribution >= 4 is 11.6 Å². The van der Waals surface area contributed by atoms with Gasteiger partial charge in [-0.25, -0.2) is 14.1 Å². The Hall–Kier alpha value is -3.43. The summed E-state index contributed by atoms with van der Waals surface area (Å²) in [5.41, 5.74) is -0.555. The van der Waals surface area contributed by atoms with Gasteiger partial charge in [-0.1, -0.05) is 11.6 Å².